The first-order chi connectivity index (χ1) is 15.5. The predicted molar refractivity (Wildman–Crippen MR) is 121 cm³/mol. The molecule has 0 saturated heterocycles. The summed E-state index contributed by atoms with van der Waals surface area (Å²) in [5.74, 6) is -0.925. The van der Waals surface area contributed by atoms with Gasteiger partial charge in [0.15, 0.2) is 0 Å². The Hall–Kier alpha value is -4.52. The molecule has 0 aliphatic carbocycles. The average molecular weight is 426 g/mol. The summed E-state index contributed by atoms with van der Waals surface area (Å²) >= 11 is 0. The standard InChI is InChI=1S/C25H18N2O5/c1-32-25(29)22-16-26(23-13-6-5-12-20(22)23)24(28)21(18-9-3-2-4-10-18)15-17-8-7-11-19(14-17)27(30)31/h2-16H,1H3/b21-15+. The number of rotatable bonds is 5. The molecule has 0 bridgehead atoms. The van der Waals surface area contributed by atoms with E-state index in [-0.39, 0.29) is 17.2 Å². The van der Waals surface area contributed by atoms with E-state index in [2.05, 4.69) is 0 Å². The van der Waals surface area contributed by atoms with Gasteiger partial charge in [-0.25, -0.2) is 4.79 Å². The minimum absolute atomic E-state index is 0.0713. The molecule has 1 heterocycles. The summed E-state index contributed by atoms with van der Waals surface area (Å²) in [6.07, 6.45) is 3.07. The van der Waals surface area contributed by atoms with E-state index in [1.54, 1.807) is 66.7 Å². The van der Waals surface area contributed by atoms with Gasteiger partial charge in [0.05, 0.1) is 23.1 Å². The van der Waals surface area contributed by atoms with Crippen LogP contribution in [0.3, 0.4) is 0 Å². The van der Waals surface area contributed by atoms with Crippen molar-refractivity contribution < 1.29 is 19.2 Å². The Balaban J connectivity index is 1.90. The molecule has 3 aromatic carbocycles. The summed E-state index contributed by atoms with van der Waals surface area (Å²) in [4.78, 5) is 36.7. The molecule has 0 spiro atoms. The van der Waals surface area contributed by atoms with Gasteiger partial charge in [-0.2, -0.15) is 0 Å². The van der Waals surface area contributed by atoms with Crippen molar-refractivity contribution in [1.82, 2.24) is 4.57 Å². The van der Waals surface area contributed by atoms with Gasteiger partial charge >= 0.3 is 5.97 Å². The number of methoxy groups -OCH3 is 1. The van der Waals surface area contributed by atoms with Crippen molar-refractivity contribution in [1.29, 1.82) is 0 Å². The fourth-order valence-corrected chi connectivity index (χ4v) is 3.53. The Bertz CT molecular complexity index is 1370. The number of nitro benzene ring substituents is 1. The molecule has 0 N–H and O–H groups in total. The second kappa shape index (κ2) is 8.69. The predicted octanol–water partition coefficient (Wildman–Crippen LogP) is 5.22. The van der Waals surface area contributed by atoms with E-state index in [9.17, 15) is 19.7 Å². The van der Waals surface area contributed by atoms with Crippen LogP contribution in [0.1, 0.15) is 26.3 Å². The van der Waals surface area contributed by atoms with Gasteiger partial charge in [0, 0.05) is 29.3 Å². The van der Waals surface area contributed by atoms with E-state index in [0.717, 1.165) is 0 Å². The SMILES string of the molecule is COC(=O)c1cn(C(=O)/C(=C/c2cccc([N+](=O)[O-])c2)c2ccccc2)c2ccccc12. The van der Waals surface area contributed by atoms with Crippen LogP contribution in [-0.2, 0) is 4.74 Å². The highest BCUT2D eigenvalue weighted by Crippen LogP contribution is 2.27. The third-order valence-corrected chi connectivity index (χ3v) is 5.04. The molecular weight excluding hydrogens is 408 g/mol. The molecule has 0 radical (unpaired) electrons. The summed E-state index contributed by atoms with van der Waals surface area (Å²) in [5.41, 5.74) is 2.23. The van der Waals surface area contributed by atoms with Crippen LogP contribution in [0.15, 0.2) is 85.1 Å². The first kappa shape index (κ1) is 20.7. The van der Waals surface area contributed by atoms with Crippen LogP contribution < -0.4 is 0 Å². The summed E-state index contributed by atoms with van der Waals surface area (Å²) in [6, 6.07) is 22.1. The smallest absolute Gasteiger partial charge is 0.340 e. The Morgan fingerprint density at radius 1 is 0.969 bits per heavy atom. The van der Waals surface area contributed by atoms with E-state index < -0.39 is 10.9 Å². The number of hydrogen-bond acceptors (Lipinski definition) is 5. The van der Waals surface area contributed by atoms with Crippen molar-refractivity contribution >= 4 is 40.1 Å². The quantitative estimate of drug-likeness (QED) is 0.143. The molecule has 4 aromatic rings. The number of allylic oxidation sites excluding steroid dienone is 1. The molecule has 4 rings (SSSR count). The van der Waals surface area contributed by atoms with Crippen LogP contribution in [-0.4, -0.2) is 28.5 Å². The van der Waals surface area contributed by atoms with Gasteiger partial charge < -0.3 is 4.74 Å². The Kier molecular flexibility index (Phi) is 5.63. The number of aromatic nitrogens is 1. The maximum absolute atomic E-state index is 13.7. The summed E-state index contributed by atoms with van der Waals surface area (Å²) in [5, 5.41) is 11.8. The lowest BCUT2D eigenvalue weighted by atomic mass is 10.0. The van der Waals surface area contributed by atoms with Crippen LogP contribution in [0.5, 0.6) is 0 Å². The van der Waals surface area contributed by atoms with E-state index in [1.807, 2.05) is 6.07 Å². The lowest BCUT2D eigenvalue weighted by Crippen LogP contribution is -2.12. The average Bonchev–Trinajstić information content (AvgIpc) is 3.22. The van der Waals surface area contributed by atoms with Gasteiger partial charge in [-0.05, 0) is 23.3 Å². The van der Waals surface area contributed by atoms with Gasteiger partial charge in [0.2, 0.25) is 0 Å². The third kappa shape index (κ3) is 3.91. The number of carbonyl (C=O) groups is 2. The first-order valence-electron chi connectivity index (χ1n) is 9.74. The Morgan fingerprint density at radius 2 is 1.69 bits per heavy atom. The number of ether oxygens (including phenoxy) is 1. The number of non-ortho nitro benzene ring substituents is 1. The Morgan fingerprint density at radius 3 is 2.41 bits per heavy atom. The zero-order valence-corrected chi connectivity index (χ0v) is 17.1. The number of esters is 1. The molecule has 0 fully saturated rings. The molecule has 0 aliphatic heterocycles. The molecule has 1 aromatic heterocycles. The van der Waals surface area contributed by atoms with E-state index in [4.69, 9.17) is 4.74 Å². The molecule has 0 amide bonds. The first-order valence-corrected chi connectivity index (χ1v) is 9.74. The highest BCUT2D eigenvalue weighted by molar-refractivity contribution is 6.27. The van der Waals surface area contributed by atoms with Crippen LogP contribution >= 0.6 is 0 Å². The van der Waals surface area contributed by atoms with Crippen LogP contribution in [0.25, 0.3) is 22.6 Å². The van der Waals surface area contributed by atoms with Gasteiger partial charge in [-0.1, -0.05) is 60.7 Å². The van der Waals surface area contributed by atoms with Crippen molar-refractivity contribution in [3.63, 3.8) is 0 Å². The topological polar surface area (TPSA) is 91.4 Å². The second-order valence-electron chi connectivity index (χ2n) is 7.00. The maximum Gasteiger partial charge on any atom is 0.340 e. The largest absolute Gasteiger partial charge is 0.465 e. The highest BCUT2D eigenvalue weighted by atomic mass is 16.6. The van der Waals surface area contributed by atoms with E-state index >= 15 is 0 Å². The minimum atomic E-state index is -0.545. The van der Waals surface area contributed by atoms with Gasteiger partial charge in [0.25, 0.3) is 11.6 Å². The highest BCUT2D eigenvalue weighted by Gasteiger charge is 2.22. The molecule has 7 nitrogen and oxygen atoms in total. The molecule has 0 unspecified atom stereocenters. The minimum Gasteiger partial charge on any atom is -0.465 e. The number of nitro groups is 1. The van der Waals surface area contributed by atoms with E-state index in [1.165, 1.54) is 30.0 Å². The fraction of sp³-hybridized carbons (Fsp3) is 0.0400. The van der Waals surface area contributed by atoms with Crippen LogP contribution in [0.2, 0.25) is 0 Å². The van der Waals surface area contributed by atoms with Crippen molar-refractivity contribution in [3.8, 4) is 0 Å². The molecule has 0 saturated carbocycles. The van der Waals surface area contributed by atoms with Gasteiger partial charge in [-0.15, -0.1) is 0 Å². The lowest BCUT2D eigenvalue weighted by molar-refractivity contribution is -0.384. The van der Waals surface area contributed by atoms with Crippen molar-refractivity contribution in [3.05, 3.63) is 112 Å². The normalized spacial score (nSPS) is 11.3. The second-order valence-corrected chi connectivity index (χ2v) is 7.00. The van der Waals surface area contributed by atoms with Crippen molar-refractivity contribution in [2.75, 3.05) is 7.11 Å². The third-order valence-electron chi connectivity index (χ3n) is 5.04. The van der Waals surface area contributed by atoms with E-state index in [0.29, 0.717) is 27.6 Å². The monoisotopic (exact) mass is 426 g/mol. The summed E-state index contributed by atoms with van der Waals surface area (Å²) < 4.78 is 6.27. The number of para-hydroxylation sites is 1. The number of nitrogens with zero attached hydrogens (tertiary/aromatic N) is 2. The number of benzene rings is 3. The van der Waals surface area contributed by atoms with Crippen LogP contribution in [0, 0.1) is 10.1 Å². The molecule has 158 valence electrons. The number of hydrogen-bond donors (Lipinski definition) is 0. The molecule has 32 heavy (non-hydrogen) atoms. The van der Waals surface area contributed by atoms with Crippen molar-refractivity contribution in [2.24, 2.45) is 0 Å². The van der Waals surface area contributed by atoms with Gasteiger partial charge in [-0.3, -0.25) is 19.5 Å². The summed E-state index contributed by atoms with van der Waals surface area (Å²) in [7, 11) is 1.29. The van der Waals surface area contributed by atoms with Crippen molar-refractivity contribution in [2.45, 2.75) is 0 Å². The summed E-state index contributed by atoms with van der Waals surface area (Å²) in [6.45, 7) is 0. The Labute approximate surface area is 183 Å². The maximum atomic E-state index is 13.7. The molecule has 7 heteroatoms. The number of fused-ring (bicyclic) bond motifs is 1. The molecule has 0 aliphatic rings. The lowest BCUT2D eigenvalue weighted by Gasteiger charge is -2.10. The molecular formula is C25H18N2O5. The van der Waals surface area contributed by atoms with Gasteiger partial charge in [0.1, 0.15) is 0 Å². The molecule has 0 atom stereocenters. The number of carbonyl (C=O) groups excluding carboxylic acids is 2. The zero-order valence-electron chi connectivity index (χ0n) is 17.1. The fourth-order valence-electron chi connectivity index (χ4n) is 3.53. The van der Waals surface area contributed by atoms with Crippen LogP contribution in [0.4, 0.5) is 5.69 Å². The zero-order chi connectivity index (χ0) is 22.7.